The average molecular weight is 266 g/mol. The van der Waals surface area contributed by atoms with E-state index in [-0.39, 0.29) is 0 Å². The van der Waals surface area contributed by atoms with Gasteiger partial charge in [0.2, 0.25) is 0 Å². The quantitative estimate of drug-likeness (QED) is 0.663. The minimum Gasteiger partial charge on any atom is -0.220 e. The van der Waals surface area contributed by atoms with Crippen LogP contribution in [0.3, 0.4) is 0 Å². The van der Waals surface area contributed by atoms with E-state index in [0.717, 1.165) is 17.7 Å². The molecule has 0 N–H and O–H groups in total. The predicted octanol–water partition coefficient (Wildman–Crippen LogP) is 3.52. The van der Waals surface area contributed by atoms with Gasteiger partial charge in [0.1, 0.15) is 6.33 Å². The highest BCUT2D eigenvalue weighted by atomic mass is 15.3. The average Bonchev–Trinajstić information content (AvgIpc) is 2.97. The van der Waals surface area contributed by atoms with Crippen molar-refractivity contribution < 1.29 is 0 Å². The Kier molecular flexibility index (Phi) is 3.72. The summed E-state index contributed by atoms with van der Waals surface area (Å²) in [6.07, 6.45) is 8.28. The van der Waals surface area contributed by atoms with Gasteiger partial charge in [0.15, 0.2) is 0 Å². The number of hydrogen-bond acceptors (Lipinski definition) is 3. The maximum absolute atomic E-state index is 4.22. The first-order chi connectivity index (χ1) is 9.88. The first kappa shape index (κ1) is 12.8. The maximum Gasteiger partial charge on any atom is 0.252 e. The second-order valence-corrected chi connectivity index (χ2v) is 4.96. The van der Waals surface area contributed by atoms with Gasteiger partial charge in [0.25, 0.3) is 5.78 Å². The van der Waals surface area contributed by atoms with E-state index in [1.54, 1.807) is 10.7 Å². The summed E-state index contributed by atoms with van der Waals surface area (Å²) in [5.41, 5.74) is 3.56. The molecule has 0 spiro atoms. The van der Waals surface area contributed by atoms with Crippen LogP contribution in [0.25, 0.3) is 17.0 Å². The van der Waals surface area contributed by atoms with Crippen molar-refractivity contribution in [3.63, 3.8) is 0 Å². The molecule has 3 rings (SSSR count). The van der Waals surface area contributed by atoms with Crippen LogP contribution in [-0.2, 0) is 6.42 Å². The molecule has 0 aliphatic rings. The van der Waals surface area contributed by atoms with Crippen LogP contribution >= 0.6 is 0 Å². The third-order valence-electron chi connectivity index (χ3n) is 3.50. The monoisotopic (exact) mass is 266 g/mol. The fraction of sp³-hybridized carbons (Fsp3) is 0.312. The highest BCUT2D eigenvalue weighted by Crippen LogP contribution is 2.20. The van der Waals surface area contributed by atoms with Crippen LogP contribution in [0.2, 0.25) is 0 Å². The van der Waals surface area contributed by atoms with Crippen molar-refractivity contribution in [3.05, 3.63) is 48.4 Å². The van der Waals surface area contributed by atoms with Crippen LogP contribution in [0.5, 0.6) is 0 Å². The van der Waals surface area contributed by atoms with Gasteiger partial charge < -0.3 is 0 Å². The highest BCUT2D eigenvalue weighted by Gasteiger charge is 2.05. The van der Waals surface area contributed by atoms with Crippen molar-refractivity contribution in [2.45, 2.75) is 32.6 Å². The van der Waals surface area contributed by atoms with Gasteiger partial charge in [0, 0.05) is 11.8 Å². The fourth-order valence-electron chi connectivity index (χ4n) is 2.38. The molecule has 0 fully saturated rings. The third-order valence-corrected chi connectivity index (χ3v) is 3.50. The van der Waals surface area contributed by atoms with Crippen molar-refractivity contribution >= 4 is 5.78 Å². The van der Waals surface area contributed by atoms with Crippen LogP contribution < -0.4 is 0 Å². The summed E-state index contributed by atoms with van der Waals surface area (Å²) in [7, 11) is 0. The summed E-state index contributed by atoms with van der Waals surface area (Å²) >= 11 is 0. The molecule has 0 atom stereocenters. The highest BCUT2D eigenvalue weighted by molar-refractivity contribution is 5.61. The van der Waals surface area contributed by atoms with Crippen molar-refractivity contribution in [1.29, 1.82) is 0 Å². The summed E-state index contributed by atoms with van der Waals surface area (Å²) in [6, 6.07) is 10.7. The van der Waals surface area contributed by atoms with Crippen LogP contribution in [0.15, 0.2) is 42.9 Å². The van der Waals surface area contributed by atoms with Crippen molar-refractivity contribution in [2.24, 2.45) is 0 Å². The third kappa shape index (κ3) is 2.54. The van der Waals surface area contributed by atoms with E-state index in [1.807, 2.05) is 6.07 Å². The number of aromatic nitrogens is 4. The summed E-state index contributed by atoms with van der Waals surface area (Å²) in [4.78, 5) is 8.30. The molecule has 0 aliphatic heterocycles. The summed E-state index contributed by atoms with van der Waals surface area (Å²) in [5.74, 6) is 0.634. The first-order valence-electron chi connectivity index (χ1n) is 7.12. The zero-order chi connectivity index (χ0) is 13.8. The van der Waals surface area contributed by atoms with Crippen LogP contribution in [0, 0.1) is 0 Å². The Labute approximate surface area is 118 Å². The zero-order valence-electron chi connectivity index (χ0n) is 11.7. The van der Waals surface area contributed by atoms with Crippen LogP contribution in [-0.4, -0.2) is 19.6 Å². The maximum atomic E-state index is 4.22. The Bertz CT molecular complexity index is 685. The second-order valence-electron chi connectivity index (χ2n) is 4.96. The Hall–Kier alpha value is -2.23. The largest absolute Gasteiger partial charge is 0.252 e. The first-order valence-corrected chi connectivity index (χ1v) is 7.12. The van der Waals surface area contributed by atoms with Crippen LogP contribution in [0.1, 0.15) is 31.7 Å². The lowest BCUT2D eigenvalue weighted by atomic mass is 10.0. The van der Waals surface area contributed by atoms with E-state index in [0.29, 0.717) is 5.78 Å². The molecule has 2 aromatic heterocycles. The molecular weight excluding hydrogens is 248 g/mol. The Morgan fingerprint density at radius 1 is 1.00 bits per heavy atom. The second kappa shape index (κ2) is 5.82. The van der Waals surface area contributed by atoms with E-state index in [4.69, 9.17) is 0 Å². The van der Waals surface area contributed by atoms with Gasteiger partial charge in [-0.05, 0) is 24.5 Å². The van der Waals surface area contributed by atoms with Gasteiger partial charge in [-0.2, -0.15) is 14.6 Å². The molecule has 0 saturated heterocycles. The molecule has 0 saturated carbocycles. The van der Waals surface area contributed by atoms with E-state index in [9.17, 15) is 0 Å². The molecule has 20 heavy (non-hydrogen) atoms. The summed E-state index contributed by atoms with van der Waals surface area (Å²) in [5, 5.41) is 4.22. The number of benzene rings is 1. The molecule has 0 unspecified atom stereocenters. The van der Waals surface area contributed by atoms with Gasteiger partial charge in [-0.3, -0.25) is 0 Å². The molecule has 0 bridgehead atoms. The van der Waals surface area contributed by atoms with Crippen LogP contribution in [0.4, 0.5) is 0 Å². The molecule has 3 aromatic rings. The Morgan fingerprint density at radius 2 is 1.85 bits per heavy atom. The normalized spacial score (nSPS) is 11.1. The number of fused-ring (bicyclic) bond motifs is 1. The SMILES string of the molecule is CCCCCc1ccc(-c2ccnc3ncnn23)cc1. The predicted molar refractivity (Wildman–Crippen MR) is 79.4 cm³/mol. The Balaban J connectivity index is 1.85. The molecule has 0 radical (unpaired) electrons. The van der Waals surface area contributed by atoms with E-state index < -0.39 is 0 Å². The number of unbranched alkanes of at least 4 members (excludes halogenated alkanes) is 2. The molecule has 4 nitrogen and oxygen atoms in total. The molecule has 4 heteroatoms. The lowest BCUT2D eigenvalue weighted by Gasteiger charge is -2.05. The number of hydrogen-bond donors (Lipinski definition) is 0. The molecule has 2 heterocycles. The summed E-state index contributed by atoms with van der Waals surface area (Å²) in [6.45, 7) is 2.23. The smallest absolute Gasteiger partial charge is 0.220 e. The van der Waals surface area contributed by atoms with Gasteiger partial charge in [-0.1, -0.05) is 44.0 Å². The lowest BCUT2D eigenvalue weighted by Crippen LogP contribution is -1.96. The van der Waals surface area contributed by atoms with Gasteiger partial charge in [0.05, 0.1) is 5.69 Å². The van der Waals surface area contributed by atoms with Crippen molar-refractivity contribution in [2.75, 3.05) is 0 Å². The van der Waals surface area contributed by atoms with Gasteiger partial charge in [-0.15, -0.1) is 0 Å². The van der Waals surface area contributed by atoms with E-state index in [1.165, 1.54) is 31.2 Å². The lowest BCUT2D eigenvalue weighted by molar-refractivity contribution is 0.717. The van der Waals surface area contributed by atoms with Crippen molar-refractivity contribution in [3.8, 4) is 11.3 Å². The summed E-state index contributed by atoms with van der Waals surface area (Å²) < 4.78 is 1.77. The minimum absolute atomic E-state index is 0.634. The van der Waals surface area contributed by atoms with Crippen molar-refractivity contribution in [1.82, 2.24) is 19.6 Å². The van der Waals surface area contributed by atoms with Gasteiger partial charge in [-0.25, -0.2) is 4.98 Å². The van der Waals surface area contributed by atoms with E-state index in [2.05, 4.69) is 46.3 Å². The zero-order valence-corrected chi connectivity index (χ0v) is 11.7. The van der Waals surface area contributed by atoms with E-state index >= 15 is 0 Å². The fourth-order valence-corrected chi connectivity index (χ4v) is 2.38. The molecular formula is C16H18N4. The number of rotatable bonds is 5. The van der Waals surface area contributed by atoms with Gasteiger partial charge >= 0.3 is 0 Å². The molecule has 102 valence electrons. The molecule has 0 aliphatic carbocycles. The standard InChI is InChI=1S/C16H18N4/c1-2-3-4-5-13-6-8-14(9-7-13)15-10-11-17-16-18-12-19-20(15)16/h6-12H,2-5H2,1H3. The molecule has 1 aromatic carbocycles. The number of aryl methyl sites for hydroxylation is 1. The number of nitrogens with zero attached hydrogens (tertiary/aromatic N) is 4. The molecule has 0 amide bonds. The minimum atomic E-state index is 0.634. The topological polar surface area (TPSA) is 43.1 Å². The Morgan fingerprint density at radius 3 is 2.65 bits per heavy atom.